The van der Waals surface area contributed by atoms with Gasteiger partial charge in [0.25, 0.3) is 0 Å². The fourth-order valence-electron chi connectivity index (χ4n) is 5.42. The molecule has 0 aliphatic carbocycles. The first kappa shape index (κ1) is 45.3. The van der Waals surface area contributed by atoms with Crippen LogP contribution in [0.25, 0.3) is 0 Å². The van der Waals surface area contributed by atoms with E-state index in [0.29, 0.717) is 24.9 Å². The summed E-state index contributed by atoms with van der Waals surface area (Å²) >= 11 is 0. The number of hydrogen-bond acceptors (Lipinski definition) is 15. The molecule has 21 nitrogen and oxygen atoms in total. The SMILES string of the molecule is CC(C)[C@H](NC(=O)[C@@H]1CCCN1C(=O)[C@H](CO[P+](O)(O)O)NC(=O)[C@@H](N)CCCNC(N)N)C(=O)N[C@@H](Cc1ccccc1)C(=O)N[C@@H](CO)C(=O)O. The molecule has 0 spiro atoms. The fraction of sp³-hybridized carbons (Fsp3) is 0.613. The third kappa shape index (κ3) is 15.5. The second-order valence-electron chi connectivity index (χ2n) is 12.9. The van der Waals surface area contributed by atoms with E-state index in [-0.39, 0.29) is 25.8 Å². The molecule has 0 bridgehead atoms. The molecule has 16 N–H and O–H groups in total. The third-order valence-electron chi connectivity index (χ3n) is 8.24. The number of carboxylic acids is 1. The predicted molar refractivity (Wildman–Crippen MR) is 189 cm³/mol. The number of hydrogen-bond donors (Lipinski definition) is 13. The van der Waals surface area contributed by atoms with E-state index in [2.05, 4.69) is 31.1 Å². The van der Waals surface area contributed by atoms with Crippen molar-refractivity contribution in [3.63, 3.8) is 0 Å². The van der Waals surface area contributed by atoms with Gasteiger partial charge in [-0.25, -0.2) is 4.79 Å². The highest BCUT2D eigenvalue weighted by Crippen LogP contribution is 2.45. The normalized spacial score (nSPS) is 17.4. The van der Waals surface area contributed by atoms with Crippen molar-refractivity contribution < 1.29 is 58.2 Å². The monoisotopic (exact) mass is 774 g/mol. The van der Waals surface area contributed by atoms with Gasteiger partial charge in [0.2, 0.25) is 29.5 Å². The molecule has 0 unspecified atom stereocenters. The molecule has 22 heteroatoms. The summed E-state index contributed by atoms with van der Waals surface area (Å²) in [5.74, 6) is -6.14. The van der Waals surface area contributed by atoms with Gasteiger partial charge in [-0.15, -0.1) is 0 Å². The van der Waals surface area contributed by atoms with E-state index in [1.54, 1.807) is 44.2 Å². The van der Waals surface area contributed by atoms with Gasteiger partial charge in [-0.05, 0) is 43.7 Å². The van der Waals surface area contributed by atoms with Crippen molar-refractivity contribution in [1.82, 2.24) is 31.5 Å². The van der Waals surface area contributed by atoms with Crippen LogP contribution < -0.4 is 43.8 Å². The molecule has 0 saturated carbocycles. The molecular formula is C31H53N9O12P+. The molecule has 2 rings (SSSR count). The Labute approximate surface area is 307 Å². The zero-order chi connectivity index (χ0) is 39.9. The molecule has 0 radical (unpaired) electrons. The maximum atomic E-state index is 13.7. The van der Waals surface area contributed by atoms with Crippen LogP contribution in [-0.2, 0) is 39.7 Å². The molecule has 1 heterocycles. The smallest absolute Gasteiger partial charge is 0.480 e. The highest BCUT2D eigenvalue weighted by Gasteiger charge is 2.42. The van der Waals surface area contributed by atoms with E-state index in [0.717, 1.165) is 4.90 Å². The summed E-state index contributed by atoms with van der Waals surface area (Å²) in [4.78, 5) is 108. The maximum absolute atomic E-state index is 13.7. The topological polar surface area (TPSA) is 354 Å². The van der Waals surface area contributed by atoms with Crippen LogP contribution in [0.15, 0.2) is 30.3 Å². The Balaban J connectivity index is 2.23. The van der Waals surface area contributed by atoms with Crippen molar-refractivity contribution in [2.24, 2.45) is 23.1 Å². The number of amides is 5. The van der Waals surface area contributed by atoms with Crippen LogP contribution in [0, 0.1) is 5.92 Å². The quantitative estimate of drug-likeness (QED) is 0.0300. The number of benzene rings is 1. The van der Waals surface area contributed by atoms with Gasteiger partial charge in [0.05, 0.1) is 12.6 Å². The lowest BCUT2D eigenvalue weighted by atomic mass is 10.00. The Morgan fingerprint density at radius 1 is 0.906 bits per heavy atom. The third-order valence-corrected chi connectivity index (χ3v) is 8.73. The summed E-state index contributed by atoms with van der Waals surface area (Å²) in [7, 11) is -4.85. The zero-order valence-electron chi connectivity index (χ0n) is 29.6. The van der Waals surface area contributed by atoms with Gasteiger partial charge in [0.1, 0.15) is 43.1 Å². The molecule has 53 heavy (non-hydrogen) atoms. The fourth-order valence-corrected chi connectivity index (χ4v) is 5.76. The molecule has 298 valence electrons. The van der Waals surface area contributed by atoms with Gasteiger partial charge >= 0.3 is 14.1 Å². The van der Waals surface area contributed by atoms with Crippen molar-refractivity contribution in [1.29, 1.82) is 0 Å². The van der Waals surface area contributed by atoms with Crippen molar-refractivity contribution in [3.8, 4) is 0 Å². The van der Waals surface area contributed by atoms with Gasteiger partial charge in [0.15, 0.2) is 0 Å². The number of aliphatic hydroxyl groups excluding tert-OH is 1. The van der Waals surface area contributed by atoms with E-state index >= 15 is 0 Å². The summed E-state index contributed by atoms with van der Waals surface area (Å²) < 4.78 is 4.65. The molecular weight excluding hydrogens is 721 g/mol. The number of carboxylic acid groups (broad SMARTS) is 1. The lowest BCUT2D eigenvalue weighted by Crippen LogP contribution is -2.60. The lowest BCUT2D eigenvalue weighted by Gasteiger charge is -2.31. The maximum Gasteiger partial charge on any atom is 0.567 e. The Kier molecular flexibility index (Phi) is 18.6. The van der Waals surface area contributed by atoms with E-state index in [1.165, 1.54) is 0 Å². The average molecular weight is 775 g/mol. The van der Waals surface area contributed by atoms with E-state index in [9.17, 15) is 53.7 Å². The number of nitrogens with one attached hydrogen (secondary N) is 5. The van der Waals surface area contributed by atoms with Crippen LogP contribution in [0.3, 0.4) is 0 Å². The first-order valence-corrected chi connectivity index (χ1v) is 18.5. The minimum Gasteiger partial charge on any atom is -0.480 e. The Bertz CT molecular complexity index is 1390. The summed E-state index contributed by atoms with van der Waals surface area (Å²) in [6, 6.07) is 0.446. The second-order valence-corrected chi connectivity index (χ2v) is 14.1. The number of carbonyl (C=O) groups excluding carboxylic acids is 5. The number of nitrogens with two attached hydrogens (primary N) is 3. The highest BCUT2D eigenvalue weighted by atomic mass is 31.2. The molecule has 5 amide bonds. The van der Waals surface area contributed by atoms with Crippen LogP contribution in [-0.4, -0.2) is 134 Å². The molecule has 1 saturated heterocycles. The van der Waals surface area contributed by atoms with Gasteiger partial charge in [-0.3, -0.25) is 29.3 Å². The minimum atomic E-state index is -4.85. The lowest BCUT2D eigenvalue weighted by molar-refractivity contribution is -0.143. The first-order valence-electron chi connectivity index (χ1n) is 17.0. The van der Waals surface area contributed by atoms with Gasteiger partial charge in [-0.2, -0.15) is 19.2 Å². The van der Waals surface area contributed by atoms with Gasteiger partial charge in [0, 0.05) is 13.0 Å². The van der Waals surface area contributed by atoms with Gasteiger partial charge in [-0.1, -0.05) is 44.2 Å². The summed E-state index contributed by atoms with van der Waals surface area (Å²) in [5, 5.41) is 31.2. The Hall–Kier alpha value is -3.89. The molecule has 1 aliphatic heterocycles. The molecule has 0 aromatic heterocycles. The van der Waals surface area contributed by atoms with Crippen molar-refractivity contribution >= 4 is 43.7 Å². The van der Waals surface area contributed by atoms with Crippen molar-refractivity contribution in [2.75, 3.05) is 26.3 Å². The summed E-state index contributed by atoms with van der Waals surface area (Å²) in [6.45, 7) is 1.84. The number of carbonyl (C=O) groups is 6. The van der Waals surface area contributed by atoms with Crippen LogP contribution >= 0.6 is 8.17 Å². The number of rotatable bonds is 22. The molecule has 1 aromatic rings. The number of aliphatic carboxylic acids is 1. The molecule has 6 atom stereocenters. The van der Waals surface area contributed by atoms with E-state index < -0.39 is 105 Å². The summed E-state index contributed by atoms with van der Waals surface area (Å²) in [5.41, 5.74) is 17.4. The summed E-state index contributed by atoms with van der Waals surface area (Å²) in [6.07, 6.45) is 0.183. The Morgan fingerprint density at radius 3 is 2.09 bits per heavy atom. The van der Waals surface area contributed by atoms with Crippen LogP contribution in [0.4, 0.5) is 0 Å². The minimum absolute atomic E-state index is 0.0332. The van der Waals surface area contributed by atoms with Crippen LogP contribution in [0.1, 0.15) is 45.1 Å². The predicted octanol–water partition coefficient (Wildman–Crippen LogP) is -4.54. The van der Waals surface area contributed by atoms with Crippen LogP contribution in [0.5, 0.6) is 0 Å². The largest absolute Gasteiger partial charge is 0.567 e. The number of aliphatic hydroxyl groups is 1. The van der Waals surface area contributed by atoms with Crippen LogP contribution in [0.2, 0.25) is 0 Å². The van der Waals surface area contributed by atoms with Gasteiger partial charge < -0.3 is 53.6 Å². The highest BCUT2D eigenvalue weighted by molar-refractivity contribution is 7.53. The number of likely N-dealkylation sites (tertiary alicyclic amines) is 1. The second kappa shape index (κ2) is 21.7. The van der Waals surface area contributed by atoms with Crippen molar-refractivity contribution in [3.05, 3.63) is 35.9 Å². The zero-order valence-corrected chi connectivity index (χ0v) is 30.5. The molecule has 1 fully saturated rings. The van der Waals surface area contributed by atoms with E-state index in [1.807, 2.05) is 0 Å². The first-order chi connectivity index (χ1) is 24.8. The average Bonchev–Trinajstić information content (AvgIpc) is 3.58. The molecule has 1 aromatic carbocycles. The van der Waals surface area contributed by atoms with Crippen molar-refractivity contribution in [2.45, 2.75) is 88.5 Å². The standard InChI is InChI=1S/C31H52N9O12P/c1-17(2)24(28(45)36-20(14-18-8-4-3-5-9-18)26(43)37-21(15-41)30(47)48)39-27(44)23-11-7-13-40(23)29(46)22(16-52-53(49,50)51)38-25(42)19(32)10-6-12-35-31(33)34/h3-5,8-9,17,19-24,31,35,41,49-51H,6-7,10-16,32-34H2,1-2H3,(H4-,36,37,38,39,42,43,44,45,47,48)/p+1/t19-,20-,21-,22-,23-,24-/m0/s1. The van der Waals surface area contributed by atoms with E-state index in [4.69, 9.17) is 17.2 Å². The Morgan fingerprint density at radius 2 is 1.53 bits per heavy atom. The number of nitrogens with zero attached hydrogens (tertiary/aromatic N) is 1. The molecule has 1 aliphatic rings.